The lowest BCUT2D eigenvalue weighted by molar-refractivity contribution is 0.0742. The van der Waals surface area contributed by atoms with Crippen molar-refractivity contribution in [1.82, 2.24) is 5.32 Å². The summed E-state index contributed by atoms with van der Waals surface area (Å²) < 4.78 is 28.0. The fraction of sp³-hybridized carbons (Fsp3) is 0.429. The molecule has 2 aromatic carbocycles. The number of aliphatic hydroxyl groups excluding tert-OH is 1. The lowest BCUT2D eigenvalue weighted by Crippen LogP contribution is -2.46. The topological polar surface area (TPSA) is 98.6 Å². The number of aliphatic hydroxyl groups is 1. The van der Waals surface area contributed by atoms with Crippen molar-refractivity contribution in [2.45, 2.75) is 19.1 Å². The Morgan fingerprint density at radius 2 is 1.69 bits per heavy atom. The van der Waals surface area contributed by atoms with Crippen LogP contribution < -0.4 is 29.0 Å². The van der Waals surface area contributed by atoms with Crippen molar-refractivity contribution in [2.24, 2.45) is 5.92 Å². The standard InChI is InChI=1S/C21H25NO7/c1-11-19(12-6-17(25-2)20(24)18(7-12)26-3)13-8-15-16(28-10-27-15)9-14(13)29-21(11)22-4-5-23/h6-9,11,19,21-24H,4-5,10H2,1-3H3/t11-,19-,21+/m1/s1. The summed E-state index contributed by atoms with van der Waals surface area (Å²) in [5, 5.41) is 22.8. The first-order valence-electron chi connectivity index (χ1n) is 9.46. The first-order chi connectivity index (χ1) is 14.1. The molecule has 0 aromatic heterocycles. The van der Waals surface area contributed by atoms with Crippen LogP contribution in [0.15, 0.2) is 24.3 Å². The predicted molar refractivity (Wildman–Crippen MR) is 104 cm³/mol. The van der Waals surface area contributed by atoms with Crippen LogP contribution in [0.4, 0.5) is 0 Å². The van der Waals surface area contributed by atoms with E-state index in [2.05, 4.69) is 12.2 Å². The van der Waals surface area contributed by atoms with E-state index < -0.39 is 0 Å². The van der Waals surface area contributed by atoms with Crippen molar-refractivity contribution >= 4 is 0 Å². The third-order valence-electron chi connectivity index (χ3n) is 5.42. The molecule has 0 bridgehead atoms. The van der Waals surface area contributed by atoms with Gasteiger partial charge in [-0.1, -0.05) is 6.92 Å². The lowest BCUT2D eigenvalue weighted by atomic mass is 9.78. The van der Waals surface area contributed by atoms with Crippen LogP contribution in [0, 0.1) is 5.92 Å². The Labute approximate surface area is 168 Å². The minimum absolute atomic E-state index is 0.00605. The van der Waals surface area contributed by atoms with Crippen molar-refractivity contribution in [2.75, 3.05) is 34.2 Å². The Balaban J connectivity index is 1.84. The van der Waals surface area contributed by atoms with E-state index in [-0.39, 0.29) is 37.2 Å². The third-order valence-corrected chi connectivity index (χ3v) is 5.42. The van der Waals surface area contributed by atoms with Gasteiger partial charge in [0.1, 0.15) is 5.75 Å². The zero-order chi connectivity index (χ0) is 20.5. The van der Waals surface area contributed by atoms with Crippen LogP contribution in [0.2, 0.25) is 0 Å². The average Bonchev–Trinajstić information content (AvgIpc) is 3.18. The molecular weight excluding hydrogens is 378 g/mol. The van der Waals surface area contributed by atoms with E-state index >= 15 is 0 Å². The van der Waals surface area contributed by atoms with Crippen LogP contribution in [0.1, 0.15) is 24.0 Å². The van der Waals surface area contributed by atoms with E-state index in [0.29, 0.717) is 35.3 Å². The molecule has 2 heterocycles. The molecular formula is C21H25NO7. The number of ether oxygens (including phenoxy) is 5. The van der Waals surface area contributed by atoms with Gasteiger partial charge in [-0.15, -0.1) is 0 Å². The van der Waals surface area contributed by atoms with Crippen molar-refractivity contribution in [1.29, 1.82) is 0 Å². The molecule has 0 saturated carbocycles. The molecule has 0 amide bonds. The summed E-state index contributed by atoms with van der Waals surface area (Å²) in [5.41, 5.74) is 1.85. The smallest absolute Gasteiger partial charge is 0.231 e. The zero-order valence-corrected chi connectivity index (χ0v) is 16.6. The van der Waals surface area contributed by atoms with Crippen molar-refractivity contribution in [3.8, 4) is 34.5 Å². The minimum atomic E-state index is -0.328. The minimum Gasteiger partial charge on any atom is -0.502 e. The van der Waals surface area contributed by atoms with Gasteiger partial charge in [-0.05, 0) is 23.8 Å². The van der Waals surface area contributed by atoms with E-state index in [1.54, 1.807) is 0 Å². The number of benzene rings is 2. The molecule has 0 fully saturated rings. The molecule has 2 aromatic rings. The zero-order valence-electron chi connectivity index (χ0n) is 16.6. The number of hydrogen-bond acceptors (Lipinski definition) is 8. The quantitative estimate of drug-likeness (QED) is 0.675. The maximum absolute atomic E-state index is 10.3. The highest BCUT2D eigenvalue weighted by Gasteiger charge is 2.38. The van der Waals surface area contributed by atoms with Gasteiger partial charge in [0.05, 0.1) is 20.8 Å². The fourth-order valence-electron chi connectivity index (χ4n) is 4.00. The summed E-state index contributed by atoms with van der Waals surface area (Å²) >= 11 is 0. The second-order valence-corrected chi connectivity index (χ2v) is 7.07. The summed E-state index contributed by atoms with van der Waals surface area (Å²) in [7, 11) is 3.01. The summed E-state index contributed by atoms with van der Waals surface area (Å²) in [4.78, 5) is 0. The normalized spacial score (nSPS) is 22.0. The van der Waals surface area contributed by atoms with Crippen LogP contribution in [-0.4, -0.2) is 50.6 Å². The number of hydrogen-bond donors (Lipinski definition) is 3. The Morgan fingerprint density at radius 3 is 2.31 bits per heavy atom. The first-order valence-corrected chi connectivity index (χ1v) is 9.46. The van der Waals surface area contributed by atoms with Crippen LogP contribution in [0.3, 0.4) is 0 Å². The molecule has 0 aliphatic carbocycles. The Bertz CT molecular complexity index is 876. The average molecular weight is 403 g/mol. The lowest BCUT2D eigenvalue weighted by Gasteiger charge is -2.38. The molecule has 0 unspecified atom stereocenters. The highest BCUT2D eigenvalue weighted by molar-refractivity contribution is 5.59. The van der Waals surface area contributed by atoms with Gasteiger partial charge in [0.2, 0.25) is 12.5 Å². The second kappa shape index (κ2) is 7.88. The third kappa shape index (κ3) is 3.38. The monoisotopic (exact) mass is 403 g/mol. The fourth-order valence-corrected chi connectivity index (χ4v) is 4.00. The Hall–Kier alpha value is -2.84. The number of nitrogens with one attached hydrogen (secondary N) is 1. The summed E-state index contributed by atoms with van der Waals surface area (Å²) in [6, 6.07) is 7.38. The van der Waals surface area contributed by atoms with E-state index in [1.165, 1.54) is 14.2 Å². The highest BCUT2D eigenvalue weighted by Crippen LogP contribution is 2.50. The Kier molecular flexibility index (Phi) is 5.29. The molecule has 0 radical (unpaired) electrons. The maximum atomic E-state index is 10.3. The molecule has 2 aliphatic rings. The Morgan fingerprint density at radius 1 is 1.03 bits per heavy atom. The van der Waals surface area contributed by atoms with Gasteiger partial charge in [0, 0.05) is 30.0 Å². The van der Waals surface area contributed by atoms with Crippen LogP contribution in [0.25, 0.3) is 0 Å². The van der Waals surface area contributed by atoms with Gasteiger partial charge >= 0.3 is 0 Å². The van der Waals surface area contributed by atoms with Crippen LogP contribution >= 0.6 is 0 Å². The summed E-state index contributed by atoms with van der Waals surface area (Å²) in [6.45, 7) is 2.65. The summed E-state index contributed by atoms with van der Waals surface area (Å²) in [5.74, 6) is 2.50. The molecule has 3 atom stereocenters. The highest BCUT2D eigenvalue weighted by atomic mass is 16.7. The van der Waals surface area contributed by atoms with E-state index in [4.69, 9.17) is 23.7 Å². The van der Waals surface area contributed by atoms with Crippen molar-refractivity contribution in [3.05, 3.63) is 35.4 Å². The van der Waals surface area contributed by atoms with Crippen molar-refractivity contribution in [3.63, 3.8) is 0 Å². The van der Waals surface area contributed by atoms with Crippen molar-refractivity contribution < 1.29 is 33.9 Å². The van der Waals surface area contributed by atoms with Gasteiger partial charge in [-0.3, -0.25) is 5.32 Å². The molecule has 156 valence electrons. The molecule has 0 spiro atoms. The second-order valence-electron chi connectivity index (χ2n) is 7.07. The van der Waals surface area contributed by atoms with E-state index in [0.717, 1.165) is 11.1 Å². The number of fused-ring (bicyclic) bond motifs is 2. The molecule has 8 nitrogen and oxygen atoms in total. The maximum Gasteiger partial charge on any atom is 0.231 e. The van der Waals surface area contributed by atoms with Gasteiger partial charge < -0.3 is 33.9 Å². The summed E-state index contributed by atoms with van der Waals surface area (Å²) in [6.07, 6.45) is -0.328. The predicted octanol–water partition coefficient (Wildman–Crippen LogP) is 2.21. The SMILES string of the molecule is COc1cc([C@@H]2c3cc4c(cc3O[C@H](NCCO)[C@@H]2C)OCO4)cc(OC)c1O. The number of methoxy groups -OCH3 is 2. The van der Waals surface area contributed by atoms with Gasteiger partial charge in [-0.2, -0.15) is 0 Å². The number of aromatic hydroxyl groups is 1. The van der Waals surface area contributed by atoms with Gasteiger partial charge in [-0.25, -0.2) is 0 Å². The molecule has 3 N–H and O–H groups in total. The molecule has 4 rings (SSSR count). The number of phenolic OH excluding ortho intramolecular Hbond substituents is 1. The molecule has 0 saturated heterocycles. The molecule has 8 heteroatoms. The molecule has 29 heavy (non-hydrogen) atoms. The van der Waals surface area contributed by atoms with Crippen LogP contribution in [-0.2, 0) is 0 Å². The largest absolute Gasteiger partial charge is 0.502 e. The molecule has 2 aliphatic heterocycles. The number of rotatable bonds is 6. The van der Waals surface area contributed by atoms with Crippen LogP contribution in [0.5, 0.6) is 34.5 Å². The van der Waals surface area contributed by atoms with E-state index in [9.17, 15) is 10.2 Å². The van der Waals surface area contributed by atoms with Gasteiger partial charge in [0.15, 0.2) is 29.2 Å². The first kappa shape index (κ1) is 19.5. The van der Waals surface area contributed by atoms with E-state index in [1.807, 2.05) is 24.3 Å². The number of phenols is 1. The van der Waals surface area contributed by atoms with Gasteiger partial charge in [0.25, 0.3) is 0 Å².